The molecule has 1 heterocycles. The van der Waals surface area contributed by atoms with Gasteiger partial charge >= 0.3 is 0 Å². The van der Waals surface area contributed by atoms with Crippen molar-refractivity contribution < 1.29 is 4.74 Å². The van der Waals surface area contributed by atoms with Gasteiger partial charge < -0.3 is 15.8 Å². The van der Waals surface area contributed by atoms with Gasteiger partial charge in [-0.1, -0.05) is 32.6 Å². The van der Waals surface area contributed by atoms with E-state index in [0.29, 0.717) is 18.3 Å². The summed E-state index contributed by atoms with van der Waals surface area (Å²) in [4.78, 5) is 8.12. The predicted molar refractivity (Wildman–Crippen MR) is 74.9 cm³/mol. The fourth-order valence-electron chi connectivity index (χ4n) is 1.67. The van der Waals surface area contributed by atoms with Gasteiger partial charge in [0.25, 0.3) is 0 Å². The van der Waals surface area contributed by atoms with Crippen molar-refractivity contribution in [3.8, 4) is 5.88 Å². The van der Waals surface area contributed by atoms with Gasteiger partial charge in [-0.15, -0.1) is 0 Å². The van der Waals surface area contributed by atoms with Crippen molar-refractivity contribution in [2.24, 2.45) is 0 Å². The number of nitrogens with zero attached hydrogens (tertiary/aromatic N) is 2. The van der Waals surface area contributed by atoms with Crippen LogP contribution in [-0.4, -0.2) is 23.1 Å². The third kappa shape index (κ3) is 5.70. The Morgan fingerprint density at radius 1 is 1.17 bits per heavy atom. The van der Waals surface area contributed by atoms with E-state index in [1.807, 2.05) is 6.92 Å². The lowest BCUT2D eigenvalue weighted by molar-refractivity contribution is 0.293. The van der Waals surface area contributed by atoms with Crippen LogP contribution in [0.25, 0.3) is 0 Å². The van der Waals surface area contributed by atoms with Gasteiger partial charge in [-0.25, -0.2) is 0 Å². The summed E-state index contributed by atoms with van der Waals surface area (Å²) >= 11 is 0. The molecule has 0 amide bonds. The molecule has 5 nitrogen and oxygen atoms in total. The minimum absolute atomic E-state index is 0.245. The molecule has 18 heavy (non-hydrogen) atoms. The number of ether oxygens (including phenoxy) is 1. The van der Waals surface area contributed by atoms with Crippen molar-refractivity contribution in [2.75, 3.05) is 24.2 Å². The maximum Gasteiger partial charge on any atom is 0.225 e. The molecule has 0 unspecified atom stereocenters. The van der Waals surface area contributed by atoms with Crippen molar-refractivity contribution >= 4 is 11.8 Å². The fourth-order valence-corrected chi connectivity index (χ4v) is 1.67. The van der Waals surface area contributed by atoms with Crippen molar-refractivity contribution in [1.82, 2.24) is 9.97 Å². The van der Waals surface area contributed by atoms with Gasteiger partial charge in [0.15, 0.2) is 0 Å². The van der Waals surface area contributed by atoms with Crippen molar-refractivity contribution in [2.45, 2.75) is 46.0 Å². The summed E-state index contributed by atoms with van der Waals surface area (Å²) in [5.74, 6) is 1.51. The van der Waals surface area contributed by atoms with Gasteiger partial charge in [0.05, 0.1) is 6.61 Å². The van der Waals surface area contributed by atoms with Gasteiger partial charge in [0.1, 0.15) is 5.82 Å². The third-order valence-corrected chi connectivity index (χ3v) is 2.58. The van der Waals surface area contributed by atoms with Gasteiger partial charge in [-0.05, 0) is 13.3 Å². The van der Waals surface area contributed by atoms with Crippen molar-refractivity contribution in [3.05, 3.63) is 6.07 Å². The number of nitrogens with two attached hydrogens (primary N) is 1. The Bertz CT molecular complexity index is 344. The molecular formula is C13H24N4O. The first-order valence-electron chi connectivity index (χ1n) is 6.77. The molecule has 0 saturated carbocycles. The summed E-state index contributed by atoms with van der Waals surface area (Å²) in [5, 5.41) is 3.10. The van der Waals surface area contributed by atoms with Crippen LogP contribution in [0.5, 0.6) is 5.88 Å². The molecule has 0 aromatic carbocycles. The first-order chi connectivity index (χ1) is 8.76. The smallest absolute Gasteiger partial charge is 0.225 e. The number of hydrogen-bond donors (Lipinski definition) is 2. The van der Waals surface area contributed by atoms with Crippen LogP contribution in [0.1, 0.15) is 46.0 Å². The molecule has 0 aliphatic rings. The number of anilines is 2. The first-order valence-corrected chi connectivity index (χ1v) is 6.77. The van der Waals surface area contributed by atoms with Gasteiger partial charge in [0, 0.05) is 12.6 Å². The first kappa shape index (κ1) is 14.5. The van der Waals surface area contributed by atoms with Crippen LogP contribution in [0.15, 0.2) is 6.07 Å². The fraction of sp³-hybridized carbons (Fsp3) is 0.692. The standard InChI is InChI=1S/C13H24N4O/c1-3-5-6-7-8-9-18-12-10-11(15-4-2)16-13(14)17-12/h10H,3-9H2,1-2H3,(H3,14,15,16,17). The molecule has 1 rings (SSSR count). The Labute approximate surface area is 109 Å². The topological polar surface area (TPSA) is 73.1 Å². The van der Waals surface area contributed by atoms with Crippen LogP contribution in [0.3, 0.4) is 0 Å². The number of unbranched alkanes of at least 4 members (excludes halogenated alkanes) is 4. The number of aromatic nitrogens is 2. The van der Waals surface area contributed by atoms with E-state index in [1.54, 1.807) is 6.07 Å². The molecule has 0 atom stereocenters. The van der Waals surface area contributed by atoms with Gasteiger partial charge in [0.2, 0.25) is 11.8 Å². The normalized spacial score (nSPS) is 10.3. The average Bonchev–Trinajstić information content (AvgIpc) is 2.33. The van der Waals surface area contributed by atoms with Gasteiger partial charge in [-0.2, -0.15) is 9.97 Å². The van der Waals surface area contributed by atoms with E-state index in [-0.39, 0.29) is 5.95 Å². The summed E-state index contributed by atoms with van der Waals surface area (Å²) in [6.07, 6.45) is 6.09. The molecule has 0 aliphatic carbocycles. The van der Waals surface area contributed by atoms with Crippen molar-refractivity contribution in [3.63, 3.8) is 0 Å². The van der Waals surface area contributed by atoms with Crippen molar-refractivity contribution in [1.29, 1.82) is 0 Å². The molecule has 0 saturated heterocycles. The van der Waals surface area contributed by atoms with E-state index >= 15 is 0 Å². The lowest BCUT2D eigenvalue weighted by Crippen LogP contribution is -2.06. The summed E-state index contributed by atoms with van der Waals surface area (Å²) in [6, 6.07) is 1.78. The minimum atomic E-state index is 0.245. The number of hydrogen-bond acceptors (Lipinski definition) is 5. The zero-order valence-corrected chi connectivity index (χ0v) is 11.4. The van der Waals surface area contributed by atoms with E-state index < -0.39 is 0 Å². The van der Waals surface area contributed by atoms with E-state index in [1.165, 1.54) is 25.7 Å². The monoisotopic (exact) mass is 252 g/mol. The summed E-state index contributed by atoms with van der Waals surface area (Å²) in [7, 11) is 0. The molecule has 0 bridgehead atoms. The third-order valence-electron chi connectivity index (χ3n) is 2.58. The van der Waals surface area contributed by atoms with Crippen LogP contribution >= 0.6 is 0 Å². The zero-order chi connectivity index (χ0) is 13.2. The molecule has 1 aromatic rings. The lowest BCUT2D eigenvalue weighted by Gasteiger charge is -2.08. The molecule has 0 aliphatic heterocycles. The summed E-state index contributed by atoms with van der Waals surface area (Å²) in [6.45, 7) is 5.70. The molecule has 0 fully saturated rings. The lowest BCUT2D eigenvalue weighted by atomic mass is 10.2. The largest absolute Gasteiger partial charge is 0.477 e. The predicted octanol–water partition coefficient (Wildman–Crippen LogP) is 2.84. The van der Waals surface area contributed by atoms with Gasteiger partial charge in [-0.3, -0.25) is 0 Å². The second kappa shape index (κ2) is 8.55. The minimum Gasteiger partial charge on any atom is -0.477 e. The molecule has 5 heteroatoms. The highest BCUT2D eigenvalue weighted by molar-refractivity contribution is 5.42. The van der Waals surface area contributed by atoms with Crippen LogP contribution in [0.4, 0.5) is 11.8 Å². The summed E-state index contributed by atoms with van der Waals surface area (Å²) < 4.78 is 5.58. The highest BCUT2D eigenvalue weighted by Crippen LogP contribution is 2.15. The van der Waals surface area contributed by atoms with E-state index in [0.717, 1.165) is 13.0 Å². The molecular weight excluding hydrogens is 228 g/mol. The number of nitrogen functional groups attached to an aromatic ring is 1. The molecule has 3 N–H and O–H groups in total. The van der Waals surface area contributed by atoms with Crippen LogP contribution in [-0.2, 0) is 0 Å². The maximum absolute atomic E-state index is 5.62. The zero-order valence-electron chi connectivity index (χ0n) is 11.4. The Hall–Kier alpha value is -1.52. The van der Waals surface area contributed by atoms with E-state index in [2.05, 4.69) is 22.2 Å². The Kier molecular flexibility index (Phi) is 6.91. The van der Waals surface area contributed by atoms with Crippen LogP contribution in [0, 0.1) is 0 Å². The molecule has 0 spiro atoms. The molecule has 102 valence electrons. The quantitative estimate of drug-likeness (QED) is 0.661. The average molecular weight is 252 g/mol. The SMILES string of the molecule is CCCCCCCOc1cc(NCC)nc(N)n1. The Morgan fingerprint density at radius 2 is 1.94 bits per heavy atom. The maximum atomic E-state index is 5.62. The molecule has 1 aromatic heterocycles. The number of nitrogens with one attached hydrogen (secondary N) is 1. The Balaban J connectivity index is 2.32. The van der Waals surface area contributed by atoms with Crippen LogP contribution < -0.4 is 15.8 Å². The van der Waals surface area contributed by atoms with Crippen LogP contribution in [0.2, 0.25) is 0 Å². The highest BCUT2D eigenvalue weighted by atomic mass is 16.5. The second-order valence-corrected chi connectivity index (χ2v) is 4.24. The Morgan fingerprint density at radius 3 is 2.67 bits per heavy atom. The van der Waals surface area contributed by atoms with E-state index in [4.69, 9.17) is 10.5 Å². The van der Waals surface area contributed by atoms with E-state index in [9.17, 15) is 0 Å². The second-order valence-electron chi connectivity index (χ2n) is 4.24. The summed E-state index contributed by atoms with van der Waals surface area (Å²) in [5.41, 5.74) is 5.62. The number of rotatable bonds is 9. The molecule has 0 radical (unpaired) electrons. The highest BCUT2D eigenvalue weighted by Gasteiger charge is 2.02.